The molecule has 23 heavy (non-hydrogen) atoms. The third-order valence-electron chi connectivity index (χ3n) is 4.08. The molecule has 0 aliphatic heterocycles. The first kappa shape index (κ1) is 18.0. The highest BCUT2D eigenvalue weighted by atomic mass is 79.9. The van der Waals surface area contributed by atoms with Crippen molar-refractivity contribution in [1.82, 2.24) is 10.7 Å². The van der Waals surface area contributed by atoms with E-state index in [0.29, 0.717) is 27.3 Å². The molecule has 0 heterocycles. The average Bonchev–Trinajstić information content (AvgIpc) is 2.53. The number of hydrogen-bond acceptors (Lipinski definition) is 4. The van der Waals surface area contributed by atoms with Gasteiger partial charge in [-0.25, -0.2) is 0 Å². The molecule has 7 heteroatoms. The molecular weight excluding hydrogens is 378 g/mol. The summed E-state index contributed by atoms with van der Waals surface area (Å²) in [5.41, 5.74) is 3.63. The molecule has 0 saturated heterocycles. The summed E-state index contributed by atoms with van der Waals surface area (Å²) in [6.45, 7) is 2.25. The molecule has 5 nitrogen and oxygen atoms in total. The van der Waals surface area contributed by atoms with Crippen LogP contribution in [0.1, 0.15) is 38.2 Å². The summed E-state index contributed by atoms with van der Waals surface area (Å²) in [5.74, 6) is 1.09. The van der Waals surface area contributed by atoms with E-state index in [9.17, 15) is 5.11 Å². The van der Waals surface area contributed by atoms with Crippen LogP contribution in [0, 0.1) is 5.92 Å². The van der Waals surface area contributed by atoms with Crippen LogP contribution in [0.2, 0.25) is 0 Å². The van der Waals surface area contributed by atoms with Crippen LogP contribution in [0.15, 0.2) is 21.7 Å². The zero-order valence-corrected chi connectivity index (χ0v) is 15.7. The Kier molecular flexibility index (Phi) is 6.65. The second kappa shape index (κ2) is 8.49. The predicted octanol–water partition coefficient (Wildman–Crippen LogP) is 3.54. The minimum absolute atomic E-state index is 0.0704. The van der Waals surface area contributed by atoms with E-state index in [4.69, 9.17) is 17.0 Å². The van der Waals surface area contributed by atoms with E-state index in [1.165, 1.54) is 26.4 Å². The number of nitrogens with zero attached hydrogens (tertiary/aromatic N) is 1. The third kappa shape index (κ3) is 5.07. The number of hydrogen-bond donors (Lipinski definition) is 3. The fourth-order valence-corrected chi connectivity index (χ4v) is 3.38. The molecule has 126 valence electrons. The quantitative estimate of drug-likeness (QED) is 0.410. The van der Waals surface area contributed by atoms with Gasteiger partial charge >= 0.3 is 0 Å². The molecule has 0 unspecified atom stereocenters. The second-order valence-electron chi connectivity index (χ2n) is 5.77. The molecule has 3 N–H and O–H groups in total. The topological polar surface area (TPSA) is 65.9 Å². The highest BCUT2D eigenvalue weighted by Gasteiger charge is 2.21. The molecule has 2 atom stereocenters. The Morgan fingerprint density at radius 3 is 2.87 bits per heavy atom. The summed E-state index contributed by atoms with van der Waals surface area (Å²) < 4.78 is 5.66. The molecule has 0 amide bonds. The summed E-state index contributed by atoms with van der Waals surface area (Å²) in [6, 6.07) is 3.87. The Labute approximate surface area is 150 Å². The molecule has 0 aromatic heterocycles. The Morgan fingerprint density at radius 1 is 1.43 bits per heavy atom. The fraction of sp³-hybridized carbons (Fsp3) is 0.500. The van der Waals surface area contributed by atoms with Gasteiger partial charge in [-0.2, -0.15) is 5.10 Å². The number of nitrogens with one attached hydrogen (secondary N) is 2. The van der Waals surface area contributed by atoms with Crippen LogP contribution in [0.4, 0.5) is 0 Å². The van der Waals surface area contributed by atoms with Gasteiger partial charge in [0.2, 0.25) is 0 Å². The van der Waals surface area contributed by atoms with Crippen molar-refractivity contribution in [2.45, 2.75) is 38.6 Å². The van der Waals surface area contributed by atoms with E-state index in [0.717, 1.165) is 12.0 Å². The van der Waals surface area contributed by atoms with Crippen LogP contribution in [0.3, 0.4) is 0 Å². The maximum Gasteiger partial charge on any atom is 0.187 e. The zero-order valence-electron chi connectivity index (χ0n) is 13.3. The Bertz CT molecular complexity index is 595. The number of halogens is 1. The van der Waals surface area contributed by atoms with E-state index in [1.54, 1.807) is 18.3 Å². The fourth-order valence-electron chi connectivity index (χ4n) is 2.72. The van der Waals surface area contributed by atoms with Crippen molar-refractivity contribution in [3.8, 4) is 11.5 Å². The van der Waals surface area contributed by atoms with Gasteiger partial charge in [0.05, 0.1) is 17.8 Å². The van der Waals surface area contributed by atoms with Crippen molar-refractivity contribution in [3.05, 3.63) is 22.2 Å². The molecule has 1 saturated carbocycles. The highest BCUT2D eigenvalue weighted by molar-refractivity contribution is 9.10. The van der Waals surface area contributed by atoms with Crippen molar-refractivity contribution in [2.24, 2.45) is 11.0 Å². The van der Waals surface area contributed by atoms with Gasteiger partial charge in [0, 0.05) is 6.04 Å². The lowest BCUT2D eigenvalue weighted by Gasteiger charge is -2.30. The first-order chi connectivity index (χ1) is 11.0. The summed E-state index contributed by atoms with van der Waals surface area (Å²) in [5, 5.41) is 17.8. The van der Waals surface area contributed by atoms with Crippen LogP contribution in [-0.2, 0) is 0 Å². The van der Waals surface area contributed by atoms with Gasteiger partial charge in [0.15, 0.2) is 16.6 Å². The lowest BCUT2D eigenvalue weighted by atomic mass is 9.86. The third-order valence-corrected chi connectivity index (χ3v) is 4.89. The normalized spacial score (nSPS) is 21.2. The van der Waals surface area contributed by atoms with Crippen LogP contribution < -0.4 is 15.5 Å². The van der Waals surface area contributed by atoms with Gasteiger partial charge in [-0.15, -0.1) is 0 Å². The van der Waals surface area contributed by atoms with Gasteiger partial charge in [0.1, 0.15) is 0 Å². The molecular formula is C16H22BrN3O2S. The Hall–Kier alpha value is -1.34. The van der Waals surface area contributed by atoms with E-state index < -0.39 is 0 Å². The number of phenols is 1. The number of methoxy groups -OCH3 is 1. The van der Waals surface area contributed by atoms with Crippen LogP contribution in [0.5, 0.6) is 11.5 Å². The number of phenolic OH excluding ortho intramolecular Hbond substituents is 1. The summed E-state index contributed by atoms with van der Waals surface area (Å²) >= 11 is 8.57. The van der Waals surface area contributed by atoms with Crippen molar-refractivity contribution in [1.29, 1.82) is 0 Å². The zero-order chi connectivity index (χ0) is 16.8. The molecule has 1 aliphatic rings. The van der Waals surface area contributed by atoms with Gasteiger partial charge in [-0.05, 0) is 64.6 Å². The lowest BCUT2D eigenvalue weighted by Crippen LogP contribution is -2.44. The Morgan fingerprint density at radius 2 is 2.17 bits per heavy atom. The van der Waals surface area contributed by atoms with E-state index in [1.807, 2.05) is 0 Å². The SMILES string of the molecule is COc1cc(/C=N/NC(=S)N[C@@H]2CCCC[C@@H]2C)cc(Br)c1O. The lowest BCUT2D eigenvalue weighted by molar-refractivity contribution is 0.308. The molecule has 0 spiro atoms. The Balaban J connectivity index is 1.91. The molecule has 1 aromatic carbocycles. The van der Waals surface area contributed by atoms with Gasteiger partial charge < -0.3 is 15.2 Å². The first-order valence-electron chi connectivity index (χ1n) is 7.67. The smallest absolute Gasteiger partial charge is 0.187 e. The summed E-state index contributed by atoms with van der Waals surface area (Å²) in [6.07, 6.45) is 6.56. The molecule has 0 radical (unpaired) electrons. The minimum atomic E-state index is 0.0704. The van der Waals surface area contributed by atoms with E-state index in [-0.39, 0.29) is 5.75 Å². The molecule has 2 rings (SSSR count). The average molecular weight is 400 g/mol. The number of ether oxygens (including phenoxy) is 1. The first-order valence-corrected chi connectivity index (χ1v) is 8.87. The minimum Gasteiger partial charge on any atom is -0.503 e. The maximum absolute atomic E-state index is 9.78. The largest absolute Gasteiger partial charge is 0.503 e. The van der Waals surface area contributed by atoms with Gasteiger partial charge in [-0.1, -0.05) is 19.8 Å². The van der Waals surface area contributed by atoms with Crippen LogP contribution in [0.25, 0.3) is 0 Å². The van der Waals surface area contributed by atoms with Crippen LogP contribution in [-0.4, -0.2) is 29.6 Å². The van der Waals surface area contributed by atoms with E-state index >= 15 is 0 Å². The molecule has 1 fully saturated rings. The molecule has 1 aromatic rings. The molecule has 1 aliphatic carbocycles. The van der Waals surface area contributed by atoms with E-state index in [2.05, 4.69) is 38.7 Å². The number of hydrazone groups is 1. The number of rotatable bonds is 4. The monoisotopic (exact) mass is 399 g/mol. The summed E-state index contributed by atoms with van der Waals surface area (Å²) in [4.78, 5) is 0. The van der Waals surface area contributed by atoms with Crippen molar-refractivity contribution in [2.75, 3.05) is 7.11 Å². The number of aromatic hydroxyl groups is 1. The van der Waals surface area contributed by atoms with Gasteiger partial charge in [0.25, 0.3) is 0 Å². The number of benzene rings is 1. The van der Waals surface area contributed by atoms with Gasteiger partial charge in [-0.3, -0.25) is 5.43 Å². The maximum atomic E-state index is 9.78. The van der Waals surface area contributed by atoms with Crippen molar-refractivity contribution in [3.63, 3.8) is 0 Å². The van der Waals surface area contributed by atoms with Crippen molar-refractivity contribution >= 4 is 39.5 Å². The molecule has 0 bridgehead atoms. The summed E-state index contributed by atoms with van der Waals surface area (Å²) in [7, 11) is 1.51. The predicted molar refractivity (Wildman–Crippen MR) is 100 cm³/mol. The highest BCUT2D eigenvalue weighted by Crippen LogP contribution is 2.34. The van der Waals surface area contributed by atoms with Crippen LogP contribution >= 0.6 is 28.1 Å². The van der Waals surface area contributed by atoms with Crippen molar-refractivity contribution < 1.29 is 9.84 Å². The second-order valence-corrected chi connectivity index (χ2v) is 7.03. The standard InChI is InChI=1S/C16H22BrN3O2S/c1-10-5-3-4-6-13(10)19-16(23)20-18-9-11-7-12(17)15(21)14(8-11)22-2/h7-10,13,21H,3-6H2,1-2H3,(H2,19,20,23)/b18-9+/t10-,13+/m0/s1. The number of thiocarbonyl (C=S) groups is 1.